The standard InChI is InChI=1S/C28H29Cl3N2O3/c1-3-19(2)32-28(35)26(14-20-8-5-4-6-9-20)33(17-21-12-13-23(30)16-25(21)31)27(34)18-36-24-11-7-10-22(29)15-24/h4-13,15-16,19,26H,3,14,17-18H2,1-2H3,(H,32,35)/t19-,26-/m1/s1. The molecule has 0 saturated heterocycles. The summed E-state index contributed by atoms with van der Waals surface area (Å²) in [5.74, 6) is -0.139. The zero-order valence-electron chi connectivity index (χ0n) is 20.2. The summed E-state index contributed by atoms with van der Waals surface area (Å²) in [4.78, 5) is 28.6. The van der Waals surface area contributed by atoms with Crippen LogP contribution in [0.2, 0.25) is 15.1 Å². The molecule has 36 heavy (non-hydrogen) atoms. The predicted octanol–water partition coefficient (Wildman–Crippen LogP) is 6.58. The van der Waals surface area contributed by atoms with Crippen LogP contribution in [0, 0.1) is 0 Å². The van der Waals surface area contributed by atoms with Crippen LogP contribution < -0.4 is 10.1 Å². The lowest BCUT2D eigenvalue weighted by Gasteiger charge is -2.32. The van der Waals surface area contributed by atoms with Crippen LogP contribution in [0.4, 0.5) is 0 Å². The van der Waals surface area contributed by atoms with Gasteiger partial charge in [0.05, 0.1) is 0 Å². The SMILES string of the molecule is CC[C@@H](C)NC(=O)[C@@H](Cc1ccccc1)N(Cc1ccc(Cl)cc1Cl)C(=O)COc1cccc(Cl)c1. The Labute approximate surface area is 227 Å². The molecule has 0 bridgehead atoms. The number of hydrogen-bond acceptors (Lipinski definition) is 3. The number of ether oxygens (including phenoxy) is 1. The molecule has 8 heteroatoms. The third-order valence-corrected chi connectivity index (χ3v) is 6.61. The second-order valence-electron chi connectivity index (χ2n) is 8.53. The number of halogens is 3. The molecule has 3 aromatic carbocycles. The molecule has 0 heterocycles. The smallest absolute Gasteiger partial charge is 0.261 e. The minimum atomic E-state index is -0.788. The van der Waals surface area contributed by atoms with Gasteiger partial charge in [-0.2, -0.15) is 0 Å². The molecule has 0 unspecified atom stereocenters. The van der Waals surface area contributed by atoms with Gasteiger partial charge in [0.2, 0.25) is 5.91 Å². The molecule has 0 aliphatic heterocycles. The molecular weight excluding hydrogens is 519 g/mol. The third kappa shape index (κ3) is 8.16. The summed E-state index contributed by atoms with van der Waals surface area (Å²) in [5, 5.41) is 4.43. The summed E-state index contributed by atoms with van der Waals surface area (Å²) in [6.07, 6.45) is 1.09. The maximum absolute atomic E-state index is 13.6. The van der Waals surface area contributed by atoms with E-state index in [1.165, 1.54) is 4.90 Å². The van der Waals surface area contributed by atoms with E-state index in [9.17, 15) is 9.59 Å². The van der Waals surface area contributed by atoms with Crippen LogP contribution in [0.15, 0.2) is 72.8 Å². The quantitative estimate of drug-likeness (QED) is 0.295. The number of rotatable bonds is 11. The van der Waals surface area contributed by atoms with Gasteiger partial charge in [-0.25, -0.2) is 0 Å². The average molecular weight is 548 g/mol. The van der Waals surface area contributed by atoms with E-state index in [0.29, 0.717) is 32.8 Å². The lowest BCUT2D eigenvalue weighted by Crippen LogP contribution is -2.53. The molecule has 0 saturated carbocycles. The zero-order valence-corrected chi connectivity index (χ0v) is 22.5. The Morgan fingerprint density at radius 1 is 0.944 bits per heavy atom. The molecule has 0 spiro atoms. The second-order valence-corrected chi connectivity index (χ2v) is 9.81. The van der Waals surface area contributed by atoms with E-state index in [4.69, 9.17) is 39.5 Å². The van der Waals surface area contributed by atoms with E-state index in [1.54, 1.807) is 42.5 Å². The summed E-state index contributed by atoms with van der Waals surface area (Å²) in [7, 11) is 0. The number of nitrogens with one attached hydrogen (secondary N) is 1. The van der Waals surface area contributed by atoms with Crippen LogP contribution in [0.5, 0.6) is 5.75 Å². The normalized spacial score (nSPS) is 12.5. The van der Waals surface area contributed by atoms with Crippen LogP contribution in [-0.2, 0) is 22.6 Å². The van der Waals surface area contributed by atoms with Crippen molar-refractivity contribution in [1.29, 1.82) is 0 Å². The van der Waals surface area contributed by atoms with E-state index in [-0.39, 0.29) is 31.0 Å². The van der Waals surface area contributed by atoms with Gasteiger partial charge in [-0.3, -0.25) is 9.59 Å². The van der Waals surface area contributed by atoms with Gasteiger partial charge in [0.1, 0.15) is 11.8 Å². The van der Waals surface area contributed by atoms with Crippen LogP contribution in [0.3, 0.4) is 0 Å². The van der Waals surface area contributed by atoms with E-state index < -0.39 is 6.04 Å². The van der Waals surface area contributed by atoms with Crippen LogP contribution in [0.25, 0.3) is 0 Å². The Balaban J connectivity index is 1.94. The van der Waals surface area contributed by atoms with Crippen LogP contribution in [-0.4, -0.2) is 35.4 Å². The molecular formula is C28H29Cl3N2O3. The summed E-state index contributed by atoms with van der Waals surface area (Å²) in [6.45, 7) is 3.76. The number of benzene rings is 3. The van der Waals surface area contributed by atoms with Gasteiger partial charge in [-0.1, -0.05) is 84.2 Å². The molecule has 0 fully saturated rings. The Kier molecular flexibility index (Phi) is 10.5. The minimum absolute atomic E-state index is 0.0467. The first-order valence-electron chi connectivity index (χ1n) is 11.7. The van der Waals surface area contributed by atoms with Crippen molar-refractivity contribution >= 4 is 46.6 Å². The molecule has 1 N–H and O–H groups in total. The third-order valence-electron chi connectivity index (χ3n) is 5.79. The van der Waals surface area contributed by atoms with E-state index in [1.807, 2.05) is 44.2 Å². The van der Waals surface area contributed by atoms with Gasteiger partial charge in [0, 0.05) is 34.1 Å². The second kappa shape index (κ2) is 13.5. The first-order valence-corrected chi connectivity index (χ1v) is 12.9. The molecule has 2 amide bonds. The number of hydrogen-bond donors (Lipinski definition) is 1. The molecule has 0 aromatic heterocycles. The predicted molar refractivity (Wildman–Crippen MR) is 146 cm³/mol. The largest absolute Gasteiger partial charge is 0.484 e. The van der Waals surface area contributed by atoms with Gasteiger partial charge < -0.3 is 15.0 Å². The van der Waals surface area contributed by atoms with Crippen molar-refractivity contribution in [3.63, 3.8) is 0 Å². The van der Waals surface area contributed by atoms with Crippen molar-refractivity contribution in [2.45, 2.75) is 45.3 Å². The topological polar surface area (TPSA) is 58.6 Å². The summed E-state index contributed by atoms with van der Waals surface area (Å²) in [5.41, 5.74) is 1.60. The van der Waals surface area contributed by atoms with Crippen molar-refractivity contribution < 1.29 is 14.3 Å². The Hall–Kier alpha value is -2.73. The van der Waals surface area contributed by atoms with Gasteiger partial charge >= 0.3 is 0 Å². The van der Waals surface area contributed by atoms with Crippen molar-refractivity contribution in [2.75, 3.05) is 6.61 Å². The molecule has 5 nitrogen and oxygen atoms in total. The van der Waals surface area contributed by atoms with E-state index in [2.05, 4.69) is 5.32 Å². The molecule has 0 aliphatic carbocycles. The highest BCUT2D eigenvalue weighted by molar-refractivity contribution is 6.35. The monoisotopic (exact) mass is 546 g/mol. The van der Waals surface area contributed by atoms with Crippen molar-refractivity contribution in [2.24, 2.45) is 0 Å². The highest BCUT2D eigenvalue weighted by Crippen LogP contribution is 2.24. The van der Waals surface area contributed by atoms with Gasteiger partial charge in [-0.15, -0.1) is 0 Å². The fourth-order valence-electron chi connectivity index (χ4n) is 3.61. The molecule has 190 valence electrons. The molecule has 3 rings (SSSR count). The van der Waals surface area contributed by atoms with Gasteiger partial charge in [0.15, 0.2) is 6.61 Å². The molecule has 0 radical (unpaired) electrons. The van der Waals surface area contributed by atoms with Crippen LogP contribution in [0.1, 0.15) is 31.4 Å². The zero-order chi connectivity index (χ0) is 26.1. The highest BCUT2D eigenvalue weighted by atomic mass is 35.5. The van der Waals surface area contributed by atoms with Crippen molar-refractivity contribution in [3.8, 4) is 5.75 Å². The Morgan fingerprint density at radius 2 is 1.67 bits per heavy atom. The number of nitrogens with zero attached hydrogens (tertiary/aromatic N) is 1. The summed E-state index contributed by atoms with van der Waals surface area (Å²) < 4.78 is 5.74. The number of carbonyl (C=O) groups is 2. The van der Waals surface area contributed by atoms with Crippen molar-refractivity contribution in [1.82, 2.24) is 10.2 Å². The van der Waals surface area contributed by atoms with Crippen molar-refractivity contribution in [3.05, 3.63) is 99.0 Å². The summed E-state index contributed by atoms with van der Waals surface area (Å²) >= 11 is 18.6. The first kappa shape index (κ1) is 27.9. The fourth-order valence-corrected chi connectivity index (χ4v) is 4.26. The summed E-state index contributed by atoms with van der Waals surface area (Å²) in [6, 6.07) is 20.7. The molecule has 2 atom stereocenters. The lowest BCUT2D eigenvalue weighted by molar-refractivity contribution is -0.143. The van der Waals surface area contributed by atoms with Gasteiger partial charge in [-0.05, 0) is 54.8 Å². The molecule has 3 aromatic rings. The minimum Gasteiger partial charge on any atom is -0.484 e. The van der Waals surface area contributed by atoms with E-state index >= 15 is 0 Å². The van der Waals surface area contributed by atoms with Crippen LogP contribution >= 0.6 is 34.8 Å². The fraction of sp³-hybridized carbons (Fsp3) is 0.286. The Bertz CT molecular complexity index is 1170. The maximum Gasteiger partial charge on any atom is 0.261 e. The number of amides is 2. The average Bonchev–Trinajstić information content (AvgIpc) is 2.86. The van der Waals surface area contributed by atoms with Gasteiger partial charge in [0.25, 0.3) is 5.91 Å². The first-order chi connectivity index (χ1) is 17.3. The van der Waals surface area contributed by atoms with E-state index in [0.717, 1.165) is 12.0 Å². The Morgan fingerprint density at radius 3 is 2.33 bits per heavy atom. The highest BCUT2D eigenvalue weighted by Gasteiger charge is 2.31. The number of carbonyl (C=O) groups excluding carboxylic acids is 2. The lowest BCUT2D eigenvalue weighted by atomic mass is 10.0. The molecule has 0 aliphatic rings. The maximum atomic E-state index is 13.6.